The third-order valence-electron chi connectivity index (χ3n) is 3.81. The van der Waals surface area contributed by atoms with Crippen LogP contribution in [0.3, 0.4) is 0 Å². The van der Waals surface area contributed by atoms with Gasteiger partial charge in [-0.2, -0.15) is 13.2 Å². The number of primary amides is 1. The molecule has 0 radical (unpaired) electrons. The van der Waals surface area contributed by atoms with E-state index in [1.807, 2.05) is 0 Å². The Balaban J connectivity index is 0.000000512. The topological polar surface area (TPSA) is 103 Å². The summed E-state index contributed by atoms with van der Waals surface area (Å²) < 4.78 is 41.9. The van der Waals surface area contributed by atoms with Gasteiger partial charge in [-0.1, -0.05) is 30.4 Å². The van der Waals surface area contributed by atoms with E-state index in [1.54, 1.807) is 65.0 Å². The number of pyridine rings is 1. The Kier molecular flexibility index (Phi) is 8.20. The van der Waals surface area contributed by atoms with Crippen LogP contribution in [0.1, 0.15) is 45.9 Å². The van der Waals surface area contributed by atoms with E-state index in [-0.39, 0.29) is 5.69 Å². The molecule has 2 rings (SSSR count). The van der Waals surface area contributed by atoms with Gasteiger partial charge < -0.3 is 15.6 Å². The van der Waals surface area contributed by atoms with Crippen molar-refractivity contribution in [3.05, 3.63) is 47.7 Å². The number of carbonyl (C=O) groups is 2. The maximum atomic E-state index is 12.4. The molecule has 0 aliphatic heterocycles. The van der Waals surface area contributed by atoms with Gasteiger partial charge >= 0.3 is 18.2 Å². The molecular weight excluding hydrogens is 413 g/mol. The van der Waals surface area contributed by atoms with Gasteiger partial charge in [-0.25, -0.2) is 4.79 Å². The van der Waals surface area contributed by atoms with E-state index in [9.17, 15) is 22.8 Å². The molecule has 3 N–H and O–H groups in total. The van der Waals surface area contributed by atoms with Gasteiger partial charge in [-0.3, -0.25) is 9.78 Å². The SMILES string of the molecule is CC(C)(/C=C/c1ccc2ccc(CC(F)(F)F)nc2c1)C(=O)O.CC(C)(C)OC(N)=O. The molecule has 0 saturated carbocycles. The fourth-order valence-corrected chi connectivity index (χ4v) is 2.26. The Bertz CT molecular complexity index is 961. The number of fused-ring (bicyclic) bond motifs is 1. The van der Waals surface area contributed by atoms with E-state index in [1.165, 1.54) is 12.1 Å². The molecule has 1 aromatic heterocycles. The molecule has 1 aromatic carbocycles. The van der Waals surface area contributed by atoms with Crippen molar-refractivity contribution in [1.29, 1.82) is 0 Å². The van der Waals surface area contributed by atoms with Gasteiger partial charge in [0.25, 0.3) is 0 Å². The van der Waals surface area contributed by atoms with E-state index in [0.717, 1.165) is 5.39 Å². The number of nitrogens with zero attached hydrogens (tertiary/aromatic N) is 1. The summed E-state index contributed by atoms with van der Waals surface area (Å²) in [6.45, 7) is 8.41. The number of ether oxygens (including phenoxy) is 1. The number of nitrogens with two attached hydrogens (primary N) is 1. The highest BCUT2D eigenvalue weighted by Crippen LogP contribution is 2.24. The summed E-state index contributed by atoms with van der Waals surface area (Å²) in [5.74, 6) is -0.958. The smallest absolute Gasteiger partial charge is 0.405 e. The summed E-state index contributed by atoms with van der Waals surface area (Å²) in [5, 5.41) is 9.79. The van der Waals surface area contributed by atoms with Crippen molar-refractivity contribution in [3.63, 3.8) is 0 Å². The number of carboxylic acid groups (broad SMARTS) is 1. The largest absolute Gasteiger partial charge is 0.481 e. The molecule has 1 amide bonds. The number of rotatable bonds is 4. The highest BCUT2D eigenvalue weighted by atomic mass is 19.4. The Morgan fingerprint density at radius 1 is 1.10 bits per heavy atom. The van der Waals surface area contributed by atoms with Crippen molar-refractivity contribution in [2.45, 2.75) is 52.8 Å². The number of halogens is 3. The van der Waals surface area contributed by atoms with E-state index in [0.29, 0.717) is 11.1 Å². The number of aliphatic carboxylic acids is 1. The maximum Gasteiger partial charge on any atom is 0.405 e. The summed E-state index contributed by atoms with van der Waals surface area (Å²) >= 11 is 0. The first kappa shape index (κ1) is 25.9. The predicted molar refractivity (Wildman–Crippen MR) is 112 cm³/mol. The number of alkyl halides is 3. The van der Waals surface area contributed by atoms with E-state index < -0.39 is 35.7 Å². The van der Waals surface area contributed by atoms with Crippen LogP contribution < -0.4 is 5.73 Å². The summed E-state index contributed by atoms with van der Waals surface area (Å²) in [6.07, 6.45) is -2.93. The predicted octanol–water partition coefficient (Wildman–Crippen LogP) is 5.34. The quantitative estimate of drug-likeness (QED) is 0.668. The number of carboxylic acids is 1. The van der Waals surface area contributed by atoms with Gasteiger partial charge in [0.05, 0.1) is 23.0 Å². The maximum absolute atomic E-state index is 12.4. The first-order chi connectivity index (χ1) is 14.0. The molecule has 6 nitrogen and oxygen atoms in total. The van der Waals surface area contributed by atoms with Crippen LogP contribution in [-0.2, 0) is 16.0 Å². The molecular formula is C22H27F3N2O4. The molecule has 1 heterocycles. The van der Waals surface area contributed by atoms with E-state index >= 15 is 0 Å². The van der Waals surface area contributed by atoms with Crippen LogP contribution in [0, 0.1) is 5.41 Å². The van der Waals surface area contributed by atoms with Crippen molar-refractivity contribution in [2.24, 2.45) is 11.1 Å². The molecule has 170 valence electrons. The number of aromatic nitrogens is 1. The van der Waals surface area contributed by atoms with Crippen LogP contribution in [0.2, 0.25) is 0 Å². The number of benzene rings is 1. The van der Waals surface area contributed by atoms with Crippen molar-refractivity contribution in [1.82, 2.24) is 4.98 Å². The van der Waals surface area contributed by atoms with Gasteiger partial charge in [0.2, 0.25) is 0 Å². The lowest BCUT2D eigenvalue weighted by Crippen LogP contribution is -2.27. The minimum absolute atomic E-state index is 0.0444. The van der Waals surface area contributed by atoms with Crippen LogP contribution in [0.5, 0.6) is 0 Å². The fraction of sp³-hybridized carbons (Fsp3) is 0.409. The second-order valence-corrected chi connectivity index (χ2v) is 8.44. The lowest BCUT2D eigenvalue weighted by molar-refractivity contribution is -0.144. The third kappa shape index (κ3) is 9.97. The highest BCUT2D eigenvalue weighted by Gasteiger charge is 2.28. The van der Waals surface area contributed by atoms with Gasteiger partial charge in [0, 0.05) is 5.39 Å². The molecule has 31 heavy (non-hydrogen) atoms. The molecule has 0 fully saturated rings. The third-order valence-corrected chi connectivity index (χ3v) is 3.81. The van der Waals surface area contributed by atoms with E-state index in [4.69, 9.17) is 10.8 Å². The lowest BCUT2D eigenvalue weighted by atomic mass is 9.92. The van der Waals surface area contributed by atoms with Crippen molar-refractivity contribution >= 4 is 29.0 Å². The Hall–Kier alpha value is -3.10. The van der Waals surface area contributed by atoms with Gasteiger partial charge in [-0.05, 0) is 52.3 Å². The Morgan fingerprint density at radius 3 is 2.13 bits per heavy atom. The summed E-state index contributed by atoms with van der Waals surface area (Å²) in [6, 6.07) is 8.11. The fourth-order valence-electron chi connectivity index (χ4n) is 2.26. The Labute approximate surface area is 178 Å². The molecule has 2 aromatic rings. The monoisotopic (exact) mass is 440 g/mol. The molecule has 0 spiro atoms. The van der Waals surface area contributed by atoms with Gasteiger partial charge in [0.1, 0.15) is 5.60 Å². The molecule has 9 heteroatoms. The minimum atomic E-state index is -4.30. The second-order valence-electron chi connectivity index (χ2n) is 8.44. The minimum Gasteiger partial charge on any atom is -0.481 e. The summed E-state index contributed by atoms with van der Waals surface area (Å²) in [7, 11) is 0. The van der Waals surface area contributed by atoms with Crippen LogP contribution in [0.15, 0.2) is 36.4 Å². The van der Waals surface area contributed by atoms with Crippen LogP contribution in [-0.4, -0.2) is 33.9 Å². The number of hydrogen-bond donors (Lipinski definition) is 2. The van der Waals surface area contributed by atoms with Crippen molar-refractivity contribution < 1.29 is 32.6 Å². The zero-order valence-electron chi connectivity index (χ0n) is 18.1. The van der Waals surface area contributed by atoms with Crippen molar-refractivity contribution in [2.75, 3.05) is 0 Å². The second kappa shape index (κ2) is 9.80. The zero-order chi connectivity index (χ0) is 24.0. The van der Waals surface area contributed by atoms with Crippen LogP contribution >= 0.6 is 0 Å². The first-order valence-electron chi connectivity index (χ1n) is 9.36. The normalized spacial score (nSPS) is 12.4. The standard InChI is InChI=1S/C17H16F3NO2.C5H11NO2/c1-16(2,15(22)23)8-7-11-3-4-12-5-6-13(10-17(18,19)20)21-14(12)9-11;1-5(2,3)8-4(6)7/h3-9H,10H2,1-2H3,(H,22,23);1-3H3,(H2,6,7)/b8-7+;. The molecule has 0 aliphatic carbocycles. The lowest BCUT2D eigenvalue weighted by Gasteiger charge is -2.16. The molecule has 0 bridgehead atoms. The Morgan fingerprint density at radius 2 is 1.68 bits per heavy atom. The molecule has 0 aliphatic rings. The summed E-state index contributed by atoms with van der Waals surface area (Å²) in [4.78, 5) is 25.1. The van der Waals surface area contributed by atoms with Crippen molar-refractivity contribution in [3.8, 4) is 0 Å². The average Bonchev–Trinajstić information content (AvgIpc) is 2.56. The number of carbonyl (C=O) groups excluding carboxylic acids is 1. The van der Waals surface area contributed by atoms with Gasteiger partial charge in [0.15, 0.2) is 0 Å². The highest BCUT2D eigenvalue weighted by molar-refractivity contribution is 5.82. The number of amides is 1. The van der Waals surface area contributed by atoms with Gasteiger partial charge in [-0.15, -0.1) is 0 Å². The summed E-state index contributed by atoms with van der Waals surface area (Å²) in [5.41, 5.74) is 4.32. The zero-order valence-corrected chi connectivity index (χ0v) is 18.1. The molecule has 0 saturated heterocycles. The first-order valence-corrected chi connectivity index (χ1v) is 9.36. The number of hydrogen-bond acceptors (Lipinski definition) is 4. The average molecular weight is 440 g/mol. The van der Waals surface area contributed by atoms with E-state index in [2.05, 4.69) is 9.72 Å². The molecule has 0 unspecified atom stereocenters. The van der Waals surface area contributed by atoms with Crippen LogP contribution in [0.25, 0.3) is 17.0 Å². The van der Waals surface area contributed by atoms with Crippen LogP contribution in [0.4, 0.5) is 18.0 Å². The molecule has 0 atom stereocenters.